The van der Waals surface area contributed by atoms with Crippen molar-refractivity contribution in [2.24, 2.45) is 5.92 Å². The number of nitrogens with zero attached hydrogens (tertiary/aromatic N) is 2. The van der Waals surface area contributed by atoms with E-state index in [-0.39, 0.29) is 5.78 Å². The number of hydrogen-bond acceptors (Lipinski definition) is 3. The Morgan fingerprint density at radius 2 is 2.05 bits per heavy atom. The molecule has 0 aromatic heterocycles. The summed E-state index contributed by atoms with van der Waals surface area (Å²) in [4.78, 5) is 16.7. The summed E-state index contributed by atoms with van der Waals surface area (Å²) in [6.07, 6.45) is 0. The summed E-state index contributed by atoms with van der Waals surface area (Å²) >= 11 is 6.06. The summed E-state index contributed by atoms with van der Waals surface area (Å²) in [7, 11) is 4.20. The standard InChI is InChI=1S/C15H21ClN2O/c1-11-8-18(9-14(11)17(2)3)10-15(19)12-6-4-5-7-13(12)16/h4-7,11,14H,8-10H2,1-3H3. The molecular weight excluding hydrogens is 260 g/mol. The Hall–Kier alpha value is -0.900. The number of carbonyl (C=O) groups excluding carboxylic acids is 1. The van der Waals surface area contributed by atoms with Gasteiger partial charge < -0.3 is 4.90 Å². The zero-order valence-electron chi connectivity index (χ0n) is 11.8. The van der Waals surface area contributed by atoms with Crippen LogP contribution >= 0.6 is 11.6 Å². The lowest BCUT2D eigenvalue weighted by Gasteiger charge is -2.22. The normalized spacial score (nSPS) is 24.1. The van der Waals surface area contributed by atoms with Crippen molar-refractivity contribution >= 4 is 17.4 Å². The van der Waals surface area contributed by atoms with Gasteiger partial charge in [-0.05, 0) is 32.1 Å². The number of benzene rings is 1. The maximum atomic E-state index is 12.3. The number of hydrogen-bond donors (Lipinski definition) is 0. The fourth-order valence-electron chi connectivity index (χ4n) is 2.82. The van der Waals surface area contributed by atoms with Crippen LogP contribution in [0.3, 0.4) is 0 Å². The molecule has 0 aliphatic carbocycles. The molecule has 1 aliphatic heterocycles. The molecule has 3 nitrogen and oxygen atoms in total. The van der Waals surface area contributed by atoms with Crippen LogP contribution < -0.4 is 0 Å². The van der Waals surface area contributed by atoms with Crippen LogP contribution in [-0.2, 0) is 0 Å². The van der Waals surface area contributed by atoms with Crippen molar-refractivity contribution in [3.8, 4) is 0 Å². The van der Waals surface area contributed by atoms with E-state index in [0.29, 0.717) is 29.1 Å². The van der Waals surface area contributed by atoms with Gasteiger partial charge >= 0.3 is 0 Å². The number of rotatable bonds is 4. The second-order valence-electron chi connectivity index (χ2n) is 5.61. The van der Waals surface area contributed by atoms with Gasteiger partial charge in [-0.15, -0.1) is 0 Å². The molecule has 19 heavy (non-hydrogen) atoms. The van der Waals surface area contributed by atoms with E-state index in [1.54, 1.807) is 12.1 Å². The van der Waals surface area contributed by atoms with Crippen molar-refractivity contribution in [3.05, 3.63) is 34.9 Å². The van der Waals surface area contributed by atoms with Crippen LogP contribution in [0.15, 0.2) is 24.3 Å². The van der Waals surface area contributed by atoms with Gasteiger partial charge in [0, 0.05) is 24.7 Å². The Kier molecular flexibility index (Phi) is 4.61. The highest BCUT2D eigenvalue weighted by molar-refractivity contribution is 6.34. The van der Waals surface area contributed by atoms with E-state index in [4.69, 9.17) is 11.6 Å². The highest BCUT2D eigenvalue weighted by atomic mass is 35.5. The Morgan fingerprint density at radius 1 is 1.37 bits per heavy atom. The van der Waals surface area contributed by atoms with E-state index in [9.17, 15) is 4.79 Å². The summed E-state index contributed by atoms with van der Waals surface area (Å²) < 4.78 is 0. The first-order valence-electron chi connectivity index (χ1n) is 6.65. The lowest BCUT2D eigenvalue weighted by molar-refractivity contribution is 0.0941. The first-order valence-corrected chi connectivity index (χ1v) is 7.03. The minimum Gasteiger partial charge on any atom is -0.305 e. The summed E-state index contributed by atoms with van der Waals surface area (Å²) in [6.45, 7) is 4.62. The molecule has 2 unspecified atom stereocenters. The van der Waals surface area contributed by atoms with E-state index in [1.165, 1.54) is 0 Å². The Labute approximate surface area is 120 Å². The molecular formula is C15H21ClN2O. The van der Waals surface area contributed by atoms with E-state index < -0.39 is 0 Å². The SMILES string of the molecule is CC1CN(CC(=O)c2ccccc2Cl)CC1N(C)C. The molecule has 104 valence electrons. The second-order valence-corrected chi connectivity index (χ2v) is 6.01. The molecule has 1 aliphatic rings. The highest BCUT2D eigenvalue weighted by Gasteiger charge is 2.31. The van der Waals surface area contributed by atoms with Gasteiger partial charge in [-0.1, -0.05) is 30.7 Å². The summed E-state index contributed by atoms with van der Waals surface area (Å²) in [5, 5.41) is 0.545. The molecule has 0 saturated carbocycles. The summed E-state index contributed by atoms with van der Waals surface area (Å²) in [5.74, 6) is 0.700. The number of Topliss-reactive ketones (excluding diaryl/α,β-unsaturated/α-hetero) is 1. The average Bonchev–Trinajstić information content (AvgIpc) is 2.70. The van der Waals surface area contributed by atoms with Gasteiger partial charge in [0.15, 0.2) is 5.78 Å². The number of halogens is 1. The molecule has 0 amide bonds. The van der Waals surface area contributed by atoms with E-state index in [1.807, 2.05) is 12.1 Å². The molecule has 0 radical (unpaired) electrons. The second kappa shape index (κ2) is 6.04. The lowest BCUT2D eigenvalue weighted by atomic mass is 10.1. The molecule has 0 spiro atoms. The number of ketones is 1. The van der Waals surface area contributed by atoms with E-state index >= 15 is 0 Å². The largest absolute Gasteiger partial charge is 0.305 e. The number of likely N-dealkylation sites (N-methyl/N-ethyl adjacent to an activating group) is 1. The van der Waals surface area contributed by atoms with Gasteiger partial charge in [-0.3, -0.25) is 9.69 Å². The highest BCUT2D eigenvalue weighted by Crippen LogP contribution is 2.21. The van der Waals surface area contributed by atoms with Crippen LogP contribution in [0, 0.1) is 5.92 Å². The molecule has 2 rings (SSSR count). The third kappa shape index (κ3) is 3.35. The average molecular weight is 281 g/mol. The van der Waals surface area contributed by atoms with E-state index in [0.717, 1.165) is 13.1 Å². The molecule has 0 N–H and O–H groups in total. The lowest BCUT2D eigenvalue weighted by Crippen LogP contribution is -2.35. The Bertz CT molecular complexity index is 461. The molecule has 0 bridgehead atoms. The predicted octanol–water partition coefficient (Wildman–Crippen LogP) is 2.40. The topological polar surface area (TPSA) is 23.6 Å². The van der Waals surface area contributed by atoms with Crippen molar-refractivity contribution in [2.45, 2.75) is 13.0 Å². The van der Waals surface area contributed by atoms with Crippen LogP contribution in [-0.4, -0.2) is 55.4 Å². The molecule has 1 aromatic carbocycles. The third-order valence-corrected chi connectivity index (χ3v) is 4.18. The van der Waals surface area contributed by atoms with Gasteiger partial charge in [0.1, 0.15) is 0 Å². The molecule has 1 fully saturated rings. The Balaban J connectivity index is 2.00. The predicted molar refractivity (Wildman–Crippen MR) is 78.9 cm³/mol. The zero-order valence-corrected chi connectivity index (χ0v) is 12.5. The van der Waals surface area contributed by atoms with Crippen LogP contribution in [0.25, 0.3) is 0 Å². The third-order valence-electron chi connectivity index (χ3n) is 3.85. The zero-order chi connectivity index (χ0) is 14.0. The molecule has 1 heterocycles. The molecule has 1 aromatic rings. The van der Waals surface area contributed by atoms with Crippen molar-refractivity contribution in [1.29, 1.82) is 0 Å². The fraction of sp³-hybridized carbons (Fsp3) is 0.533. The monoisotopic (exact) mass is 280 g/mol. The van der Waals surface area contributed by atoms with Gasteiger partial charge in [-0.25, -0.2) is 0 Å². The first kappa shape index (κ1) is 14.5. The molecule has 2 atom stereocenters. The fourth-order valence-corrected chi connectivity index (χ4v) is 3.07. The van der Waals surface area contributed by atoms with Crippen molar-refractivity contribution < 1.29 is 4.79 Å². The van der Waals surface area contributed by atoms with Gasteiger partial charge in [0.05, 0.1) is 11.6 Å². The van der Waals surface area contributed by atoms with Gasteiger partial charge in [0.2, 0.25) is 0 Å². The first-order chi connectivity index (χ1) is 8.99. The number of likely N-dealkylation sites (tertiary alicyclic amines) is 1. The molecule has 1 saturated heterocycles. The summed E-state index contributed by atoms with van der Waals surface area (Å²) in [5.41, 5.74) is 0.630. The van der Waals surface area contributed by atoms with Crippen molar-refractivity contribution in [1.82, 2.24) is 9.80 Å². The summed E-state index contributed by atoms with van der Waals surface area (Å²) in [6, 6.07) is 7.80. The van der Waals surface area contributed by atoms with Gasteiger partial charge in [-0.2, -0.15) is 0 Å². The maximum Gasteiger partial charge on any atom is 0.178 e. The smallest absolute Gasteiger partial charge is 0.178 e. The molecule has 4 heteroatoms. The van der Waals surface area contributed by atoms with Crippen LogP contribution in [0.2, 0.25) is 5.02 Å². The minimum atomic E-state index is 0.109. The maximum absolute atomic E-state index is 12.3. The van der Waals surface area contributed by atoms with Crippen LogP contribution in [0.4, 0.5) is 0 Å². The van der Waals surface area contributed by atoms with Gasteiger partial charge in [0.25, 0.3) is 0 Å². The number of carbonyl (C=O) groups is 1. The van der Waals surface area contributed by atoms with Crippen LogP contribution in [0.5, 0.6) is 0 Å². The van der Waals surface area contributed by atoms with E-state index in [2.05, 4.69) is 30.8 Å². The Morgan fingerprint density at radius 3 is 2.63 bits per heavy atom. The minimum absolute atomic E-state index is 0.109. The quantitative estimate of drug-likeness (QED) is 0.792. The van der Waals surface area contributed by atoms with Crippen molar-refractivity contribution in [3.63, 3.8) is 0 Å². The van der Waals surface area contributed by atoms with Crippen molar-refractivity contribution in [2.75, 3.05) is 33.7 Å². The van der Waals surface area contributed by atoms with Crippen LogP contribution in [0.1, 0.15) is 17.3 Å².